The van der Waals surface area contributed by atoms with E-state index in [0.717, 1.165) is 24.1 Å². The van der Waals surface area contributed by atoms with Gasteiger partial charge >= 0.3 is 12.1 Å². The molecule has 0 radical (unpaired) electrons. The van der Waals surface area contributed by atoms with Crippen LogP contribution in [0.5, 0.6) is 0 Å². The SMILES string of the molecule is CCCNC1c2ccc(C(=O)OC)cc2CCN1C(=O)C1(C)CCN(C(=O)OC(C)(C)C)CC1. The molecule has 188 valence electrons. The van der Waals surface area contributed by atoms with Crippen LogP contribution in [0.15, 0.2) is 18.2 Å². The molecule has 1 aromatic rings. The molecular weight excluding hydrogens is 434 g/mol. The van der Waals surface area contributed by atoms with Crippen molar-refractivity contribution in [1.82, 2.24) is 15.1 Å². The molecule has 1 aromatic carbocycles. The minimum atomic E-state index is -0.548. The van der Waals surface area contributed by atoms with E-state index in [1.54, 1.807) is 11.0 Å². The molecule has 0 bridgehead atoms. The first-order chi connectivity index (χ1) is 16.0. The molecule has 1 fully saturated rings. The Bertz CT molecular complexity index is 916. The lowest BCUT2D eigenvalue weighted by molar-refractivity contribution is -0.148. The summed E-state index contributed by atoms with van der Waals surface area (Å²) in [5, 5.41) is 3.53. The van der Waals surface area contributed by atoms with Crippen molar-refractivity contribution in [2.75, 3.05) is 33.3 Å². The Morgan fingerprint density at radius 1 is 1.15 bits per heavy atom. The molecule has 8 heteroatoms. The first kappa shape index (κ1) is 26.0. The van der Waals surface area contributed by atoms with Gasteiger partial charge in [-0.3, -0.25) is 10.1 Å². The maximum atomic E-state index is 13.9. The molecule has 0 aliphatic carbocycles. The molecule has 1 atom stereocenters. The lowest BCUT2D eigenvalue weighted by Gasteiger charge is -2.45. The number of carbonyl (C=O) groups is 3. The summed E-state index contributed by atoms with van der Waals surface area (Å²) in [5.41, 5.74) is 1.52. The molecule has 2 amide bonds. The Morgan fingerprint density at radius 2 is 1.82 bits per heavy atom. The average Bonchev–Trinajstić information content (AvgIpc) is 2.80. The third-order valence-corrected chi connectivity index (χ3v) is 6.68. The number of nitrogens with one attached hydrogen (secondary N) is 1. The van der Waals surface area contributed by atoms with Crippen LogP contribution in [0.1, 0.15) is 81.5 Å². The second-order valence-corrected chi connectivity index (χ2v) is 10.5. The van der Waals surface area contributed by atoms with Crippen LogP contribution in [-0.4, -0.2) is 66.7 Å². The van der Waals surface area contributed by atoms with Gasteiger partial charge in [0.2, 0.25) is 5.91 Å². The van der Waals surface area contributed by atoms with Gasteiger partial charge in [-0.1, -0.05) is 19.9 Å². The molecule has 2 heterocycles. The van der Waals surface area contributed by atoms with Crippen LogP contribution in [0.4, 0.5) is 4.79 Å². The van der Waals surface area contributed by atoms with E-state index in [1.807, 2.05) is 44.7 Å². The molecule has 1 unspecified atom stereocenters. The molecule has 34 heavy (non-hydrogen) atoms. The molecule has 3 rings (SSSR count). The van der Waals surface area contributed by atoms with E-state index < -0.39 is 11.0 Å². The van der Waals surface area contributed by atoms with Gasteiger partial charge in [-0.2, -0.15) is 0 Å². The van der Waals surface area contributed by atoms with Crippen molar-refractivity contribution < 1.29 is 23.9 Å². The van der Waals surface area contributed by atoms with Crippen LogP contribution in [0.3, 0.4) is 0 Å². The summed E-state index contributed by atoms with van der Waals surface area (Å²) in [4.78, 5) is 42.0. The van der Waals surface area contributed by atoms with E-state index in [-0.39, 0.29) is 24.1 Å². The lowest BCUT2D eigenvalue weighted by Crippen LogP contribution is -2.55. The largest absolute Gasteiger partial charge is 0.465 e. The first-order valence-corrected chi connectivity index (χ1v) is 12.2. The number of carbonyl (C=O) groups excluding carboxylic acids is 3. The quantitative estimate of drug-likeness (QED) is 0.653. The van der Waals surface area contributed by atoms with Crippen molar-refractivity contribution in [2.24, 2.45) is 5.41 Å². The number of amides is 2. The smallest absolute Gasteiger partial charge is 0.410 e. The van der Waals surface area contributed by atoms with Gasteiger partial charge in [0.15, 0.2) is 0 Å². The molecular formula is C26H39N3O5. The number of piperidine rings is 1. The minimum absolute atomic E-state index is 0.104. The first-order valence-electron chi connectivity index (χ1n) is 12.2. The third-order valence-electron chi connectivity index (χ3n) is 6.68. The Labute approximate surface area is 202 Å². The van der Waals surface area contributed by atoms with Crippen LogP contribution < -0.4 is 5.32 Å². The van der Waals surface area contributed by atoms with Gasteiger partial charge in [-0.15, -0.1) is 0 Å². The summed E-state index contributed by atoms with van der Waals surface area (Å²) in [5.74, 6) is -0.253. The van der Waals surface area contributed by atoms with Gasteiger partial charge in [-0.05, 0) is 76.3 Å². The van der Waals surface area contributed by atoms with Crippen molar-refractivity contribution in [3.05, 3.63) is 34.9 Å². The van der Waals surface area contributed by atoms with Crippen molar-refractivity contribution >= 4 is 18.0 Å². The zero-order valence-corrected chi connectivity index (χ0v) is 21.4. The van der Waals surface area contributed by atoms with Gasteiger partial charge in [0, 0.05) is 25.0 Å². The van der Waals surface area contributed by atoms with Gasteiger partial charge in [0.25, 0.3) is 0 Å². The van der Waals surface area contributed by atoms with Crippen LogP contribution in [-0.2, 0) is 20.7 Å². The standard InChI is InChI=1S/C26H39N3O5/c1-7-13-27-21-20-9-8-19(22(30)33-6)17-18(20)10-14-29(21)23(31)26(5)11-15-28(16-12-26)24(32)34-25(2,3)4/h8-9,17,21,27H,7,10-16H2,1-6H3. The maximum Gasteiger partial charge on any atom is 0.410 e. The van der Waals surface area contributed by atoms with Crippen LogP contribution >= 0.6 is 0 Å². The van der Waals surface area contributed by atoms with Gasteiger partial charge in [0.1, 0.15) is 11.8 Å². The summed E-state index contributed by atoms with van der Waals surface area (Å²) >= 11 is 0. The third kappa shape index (κ3) is 5.71. The number of nitrogens with zero attached hydrogens (tertiary/aromatic N) is 2. The van der Waals surface area contributed by atoms with Crippen molar-refractivity contribution in [2.45, 2.75) is 72.1 Å². The summed E-state index contributed by atoms with van der Waals surface area (Å²) in [7, 11) is 1.38. The van der Waals surface area contributed by atoms with Crippen molar-refractivity contribution in [3.63, 3.8) is 0 Å². The second-order valence-electron chi connectivity index (χ2n) is 10.5. The van der Waals surface area contributed by atoms with E-state index in [4.69, 9.17) is 9.47 Å². The Kier molecular flexibility index (Phi) is 7.91. The van der Waals surface area contributed by atoms with Gasteiger partial charge < -0.3 is 19.3 Å². The van der Waals surface area contributed by atoms with Crippen LogP contribution in [0.25, 0.3) is 0 Å². The number of rotatable bonds is 5. The van der Waals surface area contributed by atoms with Crippen molar-refractivity contribution in [1.29, 1.82) is 0 Å². The Balaban J connectivity index is 1.77. The molecule has 0 spiro atoms. The summed E-state index contributed by atoms with van der Waals surface area (Å²) in [6, 6.07) is 5.58. The predicted octanol–water partition coefficient (Wildman–Crippen LogP) is 3.89. The number of hydrogen-bond acceptors (Lipinski definition) is 6. The highest BCUT2D eigenvalue weighted by molar-refractivity contribution is 5.90. The number of hydrogen-bond donors (Lipinski definition) is 1. The van der Waals surface area contributed by atoms with E-state index in [1.165, 1.54) is 7.11 Å². The Hall–Kier alpha value is -2.61. The Morgan fingerprint density at radius 3 is 2.41 bits per heavy atom. The van der Waals surface area contributed by atoms with E-state index >= 15 is 0 Å². The molecule has 0 aromatic heterocycles. The predicted molar refractivity (Wildman–Crippen MR) is 129 cm³/mol. The maximum absolute atomic E-state index is 13.9. The lowest BCUT2D eigenvalue weighted by atomic mass is 9.78. The summed E-state index contributed by atoms with van der Waals surface area (Å²) < 4.78 is 10.4. The average molecular weight is 474 g/mol. The monoisotopic (exact) mass is 473 g/mol. The van der Waals surface area contributed by atoms with Crippen molar-refractivity contribution in [3.8, 4) is 0 Å². The highest BCUT2D eigenvalue weighted by Crippen LogP contribution is 2.38. The normalized spacial score (nSPS) is 19.9. The van der Waals surface area contributed by atoms with Gasteiger partial charge in [-0.25, -0.2) is 9.59 Å². The number of benzene rings is 1. The van der Waals surface area contributed by atoms with Crippen LogP contribution in [0.2, 0.25) is 0 Å². The second kappa shape index (κ2) is 10.3. The molecule has 8 nitrogen and oxygen atoms in total. The topological polar surface area (TPSA) is 88.2 Å². The molecule has 0 saturated carbocycles. The molecule has 1 N–H and O–H groups in total. The highest BCUT2D eigenvalue weighted by atomic mass is 16.6. The highest BCUT2D eigenvalue weighted by Gasteiger charge is 2.44. The zero-order valence-electron chi connectivity index (χ0n) is 21.4. The number of ether oxygens (including phenoxy) is 2. The van der Waals surface area contributed by atoms with Crippen LogP contribution in [0, 0.1) is 5.41 Å². The fourth-order valence-electron chi connectivity index (χ4n) is 4.66. The summed E-state index contributed by atoms with van der Waals surface area (Å²) in [6.07, 6.45) is 2.24. The van der Waals surface area contributed by atoms with E-state index in [2.05, 4.69) is 12.2 Å². The fraction of sp³-hybridized carbons (Fsp3) is 0.654. The van der Waals surface area contributed by atoms with Gasteiger partial charge in [0.05, 0.1) is 12.7 Å². The number of esters is 1. The molecule has 1 saturated heterocycles. The zero-order chi connectivity index (χ0) is 25.1. The number of methoxy groups -OCH3 is 1. The fourth-order valence-corrected chi connectivity index (χ4v) is 4.66. The molecule has 2 aliphatic rings. The number of likely N-dealkylation sites (tertiary alicyclic amines) is 1. The molecule has 2 aliphatic heterocycles. The minimum Gasteiger partial charge on any atom is -0.465 e. The summed E-state index contributed by atoms with van der Waals surface area (Å²) in [6.45, 7) is 12.0. The van der Waals surface area contributed by atoms with E-state index in [0.29, 0.717) is 44.5 Å². The number of fused-ring (bicyclic) bond motifs is 1. The van der Waals surface area contributed by atoms with E-state index in [9.17, 15) is 14.4 Å².